The summed E-state index contributed by atoms with van der Waals surface area (Å²) >= 11 is 0. The lowest BCUT2D eigenvalue weighted by atomic mass is 10.1. The van der Waals surface area contributed by atoms with Crippen molar-refractivity contribution >= 4 is 29.2 Å². The quantitative estimate of drug-likeness (QED) is 0.878. The van der Waals surface area contributed by atoms with Crippen molar-refractivity contribution in [1.29, 1.82) is 0 Å². The minimum Gasteiger partial charge on any atom is -0.481 e. The van der Waals surface area contributed by atoms with Crippen molar-refractivity contribution in [3.63, 3.8) is 0 Å². The van der Waals surface area contributed by atoms with Crippen LogP contribution in [0.15, 0.2) is 24.3 Å². The monoisotopic (exact) mass is 276 g/mol. The predicted molar refractivity (Wildman–Crippen MR) is 73.5 cm³/mol. The van der Waals surface area contributed by atoms with Crippen LogP contribution in [-0.4, -0.2) is 28.9 Å². The van der Waals surface area contributed by atoms with Crippen LogP contribution in [0.4, 0.5) is 11.4 Å². The molecule has 6 nitrogen and oxygen atoms in total. The van der Waals surface area contributed by atoms with Crippen LogP contribution in [0.3, 0.4) is 0 Å². The number of hydrogen-bond donors (Lipinski definition) is 2. The Labute approximate surface area is 116 Å². The molecule has 0 saturated carbocycles. The number of carbonyl (C=O) groups is 3. The highest BCUT2D eigenvalue weighted by molar-refractivity contribution is 6.04. The number of nitrogens with zero attached hydrogens (tertiary/aromatic N) is 1. The minimum atomic E-state index is -1.01. The lowest BCUT2D eigenvalue weighted by Gasteiger charge is -2.27. The Bertz CT molecular complexity index is 556. The van der Waals surface area contributed by atoms with Gasteiger partial charge in [-0.3, -0.25) is 14.4 Å². The SMILES string of the molecule is C[C@@H]1CC(=O)Nc2ccccc2N1C(=O)CCC(=O)O. The van der Waals surface area contributed by atoms with Gasteiger partial charge < -0.3 is 15.3 Å². The maximum atomic E-state index is 12.3. The molecule has 1 aliphatic rings. The average Bonchev–Trinajstić information content (AvgIpc) is 2.50. The number of anilines is 2. The number of carboxylic acid groups (broad SMARTS) is 1. The van der Waals surface area contributed by atoms with Crippen molar-refractivity contribution in [3.05, 3.63) is 24.3 Å². The van der Waals surface area contributed by atoms with E-state index in [2.05, 4.69) is 5.32 Å². The van der Waals surface area contributed by atoms with E-state index in [1.165, 1.54) is 4.90 Å². The number of hydrogen-bond acceptors (Lipinski definition) is 3. The summed E-state index contributed by atoms with van der Waals surface area (Å²) in [7, 11) is 0. The molecule has 106 valence electrons. The molecule has 0 saturated heterocycles. The largest absolute Gasteiger partial charge is 0.481 e. The van der Waals surface area contributed by atoms with E-state index in [4.69, 9.17) is 5.11 Å². The van der Waals surface area contributed by atoms with Gasteiger partial charge in [0, 0.05) is 18.9 Å². The van der Waals surface area contributed by atoms with E-state index in [0.29, 0.717) is 11.4 Å². The zero-order valence-corrected chi connectivity index (χ0v) is 11.1. The normalized spacial score (nSPS) is 17.9. The van der Waals surface area contributed by atoms with Crippen LogP contribution in [0.2, 0.25) is 0 Å². The van der Waals surface area contributed by atoms with Gasteiger partial charge in [0.2, 0.25) is 11.8 Å². The Hall–Kier alpha value is -2.37. The zero-order valence-electron chi connectivity index (χ0n) is 11.1. The summed E-state index contributed by atoms with van der Waals surface area (Å²) in [4.78, 5) is 36.1. The molecular formula is C14H16N2O4. The van der Waals surface area contributed by atoms with Crippen LogP contribution in [0.1, 0.15) is 26.2 Å². The Morgan fingerprint density at radius 1 is 1.35 bits per heavy atom. The lowest BCUT2D eigenvalue weighted by molar-refractivity contribution is -0.138. The van der Waals surface area contributed by atoms with Gasteiger partial charge in [0.05, 0.1) is 17.8 Å². The van der Waals surface area contributed by atoms with Crippen LogP contribution in [0, 0.1) is 0 Å². The second-order valence-corrected chi connectivity index (χ2v) is 4.78. The van der Waals surface area contributed by atoms with Gasteiger partial charge in [0.1, 0.15) is 0 Å². The Morgan fingerprint density at radius 2 is 2.05 bits per heavy atom. The summed E-state index contributed by atoms with van der Waals surface area (Å²) in [5.41, 5.74) is 1.19. The molecule has 1 aliphatic heterocycles. The number of nitrogens with one attached hydrogen (secondary N) is 1. The average molecular weight is 276 g/mol. The van der Waals surface area contributed by atoms with Gasteiger partial charge >= 0.3 is 5.97 Å². The maximum Gasteiger partial charge on any atom is 0.303 e. The van der Waals surface area contributed by atoms with Crippen LogP contribution < -0.4 is 10.2 Å². The van der Waals surface area contributed by atoms with Gasteiger partial charge in [-0.2, -0.15) is 0 Å². The highest BCUT2D eigenvalue weighted by Gasteiger charge is 2.29. The number of carboxylic acids is 1. The summed E-state index contributed by atoms with van der Waals surface area (Å²) in [5, 5.41) is 11.4. The second-order valence-electron chi connectivity index (χ2n) is 4.78. The van der Waals surface area contributed by atoms with Crippen molar-refractivity contribution in [2.24, 2.45) is 0 Å². The number of para-hydroxylation sites is 2. The zero-order chi connectivity index (χ0) is 14.7. The van der Waals surface area contributed by atoms with Crippen molar-refractivity contribution in [1.82, 2.24) is 0 Å². The first-order chi connectivity index (χ1) is 9.49. The van der Waals surface area contributed by atoms with E-state index in [9.17, 15) is 14.4 Å². The molecule has 0 unspecified atom stereocenters. The van der Waals surface area contributed by atoms with Gasteiger partial charge in [0.25, 0.3) is 0 Å². The molecule has 2 rings (SSSR count). The third-order valence-electron chi connectivity index (χ3n) is 3.18. The summed E-state index contributed by atoms with van der Waals surface area (Å²) < 4.78 is 0. The topological polar surface area (TPSA) is 86.7 Å². The first kappa shape index (κ1) is 14.0. The van der Waals surface area contributed by atoms with Crippen LogP contribution >= 0.6 is 0 Å². The van der Waals surface area contributed by atoms with Gasteiger partial charge in [-0.25, -0.2) is 0 Å². The summed E-state index contributed by atoms with van der Waals surface area (Å²) in [6, 6.07) is 6.72. The second kappa shape index (κ2) is 5.73. The van der Waals surface area contributed by atoms with Crippen molar-refractivity contribution in [2.75, 3.05) is 10.2 Å². The first-order valence-electron chi connectivity index (χ1n) is 6.42. The number of carbonyl (C=O) groups excluding carboxylic acids is 2. The standard InChI is InChI=1S/C14H16N2O4/c1-9-8-12(17)15-10-4-2-3-5-11(10)16(9)13(18)6-7-14(19)20/h2-5,9H,6-8H2,1H3,(H,15,17)(H,19,20)/t9-/m1/s1. The smallest absolute Gasteiger partial charge is 0.303 e. The van der Waals surface area contributed by atoms with E-state index >= 15 is 0 Å². The molecule has 0 spiro atoms. The number of aliphatic carboxylic acids is 1. The summed E-state index contributed by atoms with van der Waals surface area (Å²) in [6.07, 6.45) is -0.110. The van der Waals surface area contributed by atoms with E-state index < -0.39 is 5.97 Å². The number of fused-ring (bicyclic) bond motifs is 1. The Balaban J connectivity index is 2.32. The molecule has 0 aromatic heterocycles. The number of amides is 2. The molecule has 20 heavy (non-hydrogen) atoms. The first-order valence-corrected chi connectivity index (χ1v) is 6.42. The summed E-state index contributed by atoms with van der Waals surface area (Å²) in [6.45, 7) is 1.78. The fourth-order valence-electron chi connectivity index (χ4n) is 2.30. The molecular weight excluding hydrogens is 260 g/mol. The Morgan fingerprint density at radius 3 is 2.75 bits per heavy atom. The fourth-order valence-corrected chi connectivity index (χ4v) is 2.30. The maximum absolute atomic E-state index is 12.3. The fraction of sp³-hybridized carbons (Fsp3) is 0.357. The van der Waals surface area contributed by atoms with E-state index in [-0.39, 0.29) is 37.1 Å². The Kier molecular flexibility index (Phi) is 4.02. The number of benzene rings is 1. The molecule has 2 amide bonds. The highest BCUT2D eigenvalue weighted by atomic mass is 16.4. The molecule has 0 radical (unpaired) electrons. The molecule has 0 aliphatic carbocycles. The van der Waals surface area contributed by atoms with Gasteiger partial charge in [-0.1, -0.05) is 12.1 Å². The van der Waals surface area contributed by atoms with Crippen LogP contribution in [0.5, 0.6) is 0 Å². The number of rotatable bonds is 3. The third-order valence-corrected chi connectivity index (χ3v) is 3.18. The lowest BCUT2D eigenvalue weighted by Crippen LogP contribution is -2.39. The summed E-state index contributed by atoms with van der Waals surface area (Å²) in [5.74, 6) is -1.45. The van der Waals surface area contributed by atoms with E-state index in [0.717, 1.165) is 0 Å². The predicted octanol–water partition coefficient (Wildman–Crippen LogP) is 1.62. The van der Waals surface area contributed by atoms with Gasteiger partial charge in [0.15, 0.2) is 0 Å². The van der Waals surface area contributed by atoms with Crippen LogP contribution in [0.25, 0.3) is 0 Å². The molecule has 1 aromatic carbocycles. The van der Waals surface area contributed by atoms with E-state index in [1.807, 2.05) is 0 Å². The van der Waals surface area contributed by atoms with Crippen LogP contribution in [-0.2, 0) is 14.4 Å². The minimum absolute atomic E-state index is 0.0812. The van der Waals surface area contributed by atoms with Crippen molar-refractivity contribution in [2.45, 2.75) is 32.2 Å². The molecule has 0 fully saturated rings. The van der Waals surface area contributed by atoms with Crippen molar-refractivity contribution < 1.29 is 19.5 Å². The molecule has 1 aromatic rings. The van der Waals surface area contributed by atoms with E-state index in [1.54, 1.807) is 31.2 Å². The molecule has 1 atom stereocenters. The van der Waals surface area contributed by atoms with Gasteiger partial charge in [-0.05, 0) is 19.1 Å². The molecule has 6 heteroatoms. The molecule has 2 N–H and O–H groups in total. The van der Waals surface area contributed by atoms with Crippen molar-refractivity contribution in [3.8, 4) is 0 Å². The highest BCUT2D eigenvalue weighted by Crippen LogP contribution is 2.31. The van der Waals surface area contributed by atoms with Gasteiger partial charge in [-0.15, -0.1) is 0 Å². The third kappa shape index (κ3) is 2.96. The molecule has 1 heterocycles. The molecule has 0 bridgehead atoms.